The van der Waals surface area contributed by atoms with Gasteiger partial charge in [-0.1, -0.05) is 33.2 Å². The fourth-order valence-corrected chi connectivity index (χ4v) is 1.05. The van der Waals surface area contributed by atoms with Gasteiger partial charge in [-0.15, -0.1) is 0 Å². The van der Waals surface area contributed by atoms with E-state index in [0.717, 1.165) is 13.0 Å². The molecule has 1 unspecified atom stereocenters. The van der Waals surface area contributed by atoms with Gasteiger partial charge in [0.2, 0.25) is 6.54 Å². The molecule has 1 aliphatic heterocycles. The zero-order chi connectivity index (χ0) is 9.19. The van der Waals surface area contributed by atoms with Crippen molar-refractivity contribution in [2.75, 3.05) is 6.54 Å². The summed E-state index contributed by atoms with van der Waals surface area (Å²) >= 11 is 0. The van der Waals surface area contributed by atoms with Crippen molar-refractivity contribution in [1.82, 2.24) is 11.0 Å². The first-order valence-electron chi connectivity index (χ1n) is 4.53. The van der Waals surface area contributed by atoms with Gasteiger partial charge in [0, 0.05) is 21.8 Å². The predicted octanol–water partition coefficient (Wildman–Crippen LogP) is 1.26. The number of nitrogens with zero attached hydrogens (tertiary/aromatic N) is 2. The van der Waals surface area contributed by atoms with Crippen molar-refractivity contribution >= 4 is 0 Å². The lowest BCUT2D eigenvalue weighted by Crippen LogP contribution is -2.42. The molecule has 0 bridgehead atoms. The molecule has 1 heterocycles. The fraction of sp³-hybridized carbons (Fsp3) is 1.00. The van der Waals surface area contributed by atoms with E-state index in [1.165, 1.54) is 0 Å². The molecule has 12 heavy (non-hydrogen) atoms. The Hall–Kier alpha value is -0.640. The second-order valence-electron chi connectivity index (χ2n) is 4.26. The first kappa shape index (κ1) is 9.45. The first-order valence-corrected chi connectivity index (χ1v) is 4.53. The molecule has 4 heteroatoms. The van der Waals surface area contributed by atoms with Crippen LogP contribution in [0.1, 0.15) is 34.1 Å². The molecule has 0 aromatic carbocycles. The molecule has 0 amide bonds. The summed E-state index contributed by atoms with van der Waals surface area (Å²) in [6.45, 7) is 9.61. The van der Waals surface area contributed by atoms with Gasteiger partial charge >= 0.3 is 0 Å². The topological polar surface area (TPSA) is 39.4 Å². The highest BCUT2D eigenvalue weighted by Gasteiger charge is 2.33. The minimum atomic E-state index is 0.176. The van der Waals surface area contributed by atoms with Crippen LogP contribution in [0.2, 0.25) is 0 Å². The number of azo groups is 1. The first-order chi connectivity index (χ1) is 5.54. The second-order valence-corrected chi connectivity index (χ2v) is 4.26. The Labute approximate surface area is 74.0 Å². The predicted molar refractivity (Wildman–Crippen MR) is 47.4 cm³/mol. The van der Waals surface area contributed by atoms with E-state index in [9.17, 15) is 0 Å². The number of hydrogen-bond acceptors (Lipinski definition) is 3. The highest BCUT2D eigenvalue weighted by Crippen LogP contribution is 2.21. The molecule has 4 nitrogen and oxygen atoms in total. The quantitative estimate of drug-likeness (QED) is 0.614. The summed E-state index contributed by atoms with van der Waals surface area (Å²) < 4.78 is 0. The van der Waals surface area contributed by atoms with E-state index in [-0.39, 0.29) is 11.6 Å². The van der Waals surface area contributed by atoms with Crippen LogP contribution in [0.4, 0.5) is 0 Å². The molecule has 0 fully saturated rings. The van der Waals surface area contributed by atoms with Gasteiger partial charge < -0.3 is 0 Å². The SMILES string of the molecule is CCC[N+]1=NC(C(C)(C)C)NN1. The molecule has 0 aromatic heterocycles. The second kappa shape index (κ2) is 3.39. The molecule has 1 atom stereocenters. The summed E-state index contributed by atoms with van der Waals surface area (Å²) in [4.78, 5) is 1.87. The molecule has 0 radical (unpaired) electrons. The van der Waals surface area contributed by atoms with Crippen LogP contribution in [-0.4, -0.2) is 17.5 Å². The smallest absolute Gasteiger partial charge is 0.154 e. The van der Waals surface area contributed by atoms with Crippen LogP contribution in [0.25, 0.3) is 0 Å². The average molecular weight is 171 g/mol. The Morgan fingerprint density at radius 2 is 2.08 bits per heavy atom. The zero-order valence-electron chi connectivity index (χ0n) is 8.39. The molecule has 0 aromatic rings. The molecule has 0 saturated heterocycles. The highest BCUT2D eigenvalue weighted by molar-refractivity contribution is 4.74. The van der Waals surface area contributed by atoms with E-state index in [4.69, 9.17) is 0 Å². The van der Waals surface area contributed by atoms with Crippen LogP contribution in [0.5, 0.6) is 0 Å². The molecule has 1 rings (SSSR count). The van der Waals surface area contributed by atoms with Gasteiger partial charge in [-0.25, -0.2) is 0 Å². The van der Waals surface area contributed by atoms with Crippen molar-refractivity contribution in [2.45, 2.75) is 40.3 Å². The number of nitrogens with one attached hydrogen (secondary N) is 2. The van der Waals surface area contributed by atoms with Gasteiger partial charge in [-0.3, -0.25) is 0 Å². The fourth-order valence-electron chi connectivity index (χ4n) is 1.05. The molecular weight excluding hydrogens is 152 g/mol. The summed E-state index contributed by atoms with van der Waals surface area (Å²) in [5, 5.41) is 4.46. The maximum absolute atomic E-state index is 4.46. The lowest BCUT2D eigenvalue weighted by Gasteiger charge is -2.18. The summed E-state index contributed by atoms with van der Waals surface area (Å²) in [6.07, 6.45) is 1.29. The minimum absolute atomic E-state index is 0.176. The van der Waals surface area contributed by atoms with E-state index in [1.807, 2.05) is 4.81 Å². The molecule has 70 valence electrons. The highest BCUT2D eigenvalue weighted by atomic mass is 15.8. The van der Waals surface area contributed by atoms with Crippen LogP contribution in [0, 0.1) is 5.41 Å². The standard InChI is InChI=1S/C8H18N4/c1-5-6-12-10-7(9-11-12)8(2,3)4/h7,10H,5-6H2,1-4H3/p+1. The summed E-state index contributed by atoms with van der Waals surface area (Å²) in [5.74, 6) is 0. The summed E-state index contributed by atoms with van der Waals surface area (Å²) in [5.41, 5.74) is 6.35. The van der Waals surface area contributed by atoms with Crippen LogP contribution < -0.4 is 11.0 Å². The van der Waals surface area contributed by atoms with Crippen LogP contribution in [-0.2, 0) is 0 Å². The minimum Gasteiger partial charge on any atom is -0.154 e. The van der Waals surface area contributed by atoms with Crippen LogP contribution >= 0.6 is 0 Å². The van der Waals surface area contributed by atoms with Crippen molar-refractivity contribution in [1.29, 1.82) is 0 Å². The summed E-state index contributed by atoms with van der Waals surface area (Å²) in [7, 11) is 0. The Kier molecular flexibility index (Phi) is 2.67. The van der Waals surface area contributed by atoms with Gasteiger partial charge in [0.05, 0.1) is 0 Å². The zero-order valence-corrected chi connectivity index (χ0v) is 8.39. The largest absolute Gasteiger partial charge is 0.201 e. The monoisotopic (exact) mass is 171 g/mol. The molecule has 0 spiro atoms. The molecule has 0 aliphatic carbocycles. The van der Waals surface area contributed by atoms with Crippen LogP contribution in [0.15, 0.2) is 5.11 Å². The molecule has 2 N–H and O–H groups in total. The third-order valence-electron chi connectivity index (χ3n) is 1.84. The Morgan fingerprint density at radius 3 is 2.50 bits per heavy atom. The van der Waals surface area contributed by atoms with Gasteiger partial charge in [0.1, 0.15) is 0 Å². The number of hydrogen-bond donors (Lipinski definition) is 2. The number of hydrazine groups is 2. The van der Waals surface area contributed by atoms with Crippen molar-refractivity contribution < 1.29 is 4.81 Å². The van der Waals surface area contributed by atoms with Crippen molar-refractivity contribution in [3.63, 3.8) is 0 Å². The lowest BCUT2D eigenvalue weighted by atomic mass is 9.93. The average Bonchev–Trinajstić information content (AvgIpc) is 2.35. The van der Waals surface area contributed by atoms with Gasteiger partial charge in [0.15, 0.2) is 6.17 Å². The Balaban J connectivity index is 2.53. The maximum Gasteiger partial charge on any atom is 0.201 e. The van der Waals surface area contributed by atoms with E-state index in [0.29, 0.717) is 0 Å². The van der Waals surface area contributed by atoms with Crippen molar-refractivity contribution in [3.05, 3.63) is 0 Å². The van der Waals surface area contributed by atoms with Crippen molar-refractivity contribution in [2.24, 2.45) is 10.5 Å². The van der Waals surface area contributed by atoms with Gasteiger partial charge in [-0.05, 0) is 0 Å². The van der Waals surface area contributed by atoms with Crippen LogP contribution in [0.3, 0.4) is 0 Å². The number of rotatable bonds is 2. The van der Waals surface area contributed by atoms with Crippen molar-refractivity contribution in [3.8, 4) is 0 Å². The van der Waals surface area contributed by atoms with E-state index >= 15 is 0 Å². The Bertz CT molecular complexity index is 180. The van der Waals surface area contributed by atoms with E-state index < -0.39 is 0 Å². The maximum atomic E-state index is 4.46. The van der Waals surface area contributed by atoms with E-state index in [2.05, 4.69) is 43.8 Å². The third kappa shape index (κ3) is 2.17. The summed E-state index contributed by atoms with van der Waals surface area (Å²) in [6, 6.07) is 0. The molecule has 0 saturated carbocycles. The van der Waals surface area contributed by atoms with E-state index in [1.54, 1.807) is 0 Å². The van der Waals surface area contributed by atoms with Gasteiger partial charge in [-0.2, -0.15) is 5.43 Å². The Morgan fingerprint density at radius 1 is 1.42 bits per heavy atom. The third-order valence-corrected chi connectivity index (χ3v) is 1.84. The lowest BCUT2D eigenvalue weighted by molar-refractivity contribution is -0.641. The molecular formula is C8H19N4+. The normalized spacial score (nSPS) is 23.7. The molecule has 1 aliphatic rings. The van der Waals surface area contributed by atoms with Gasteiger partial charge in [0.25, 0.3) is 0 Å².